The van der Waals surface area contributed by atoms with Gasteiger partial charge in [-0.3, -0.25) is 24.5 Å². The molecule has 4 amide bonds. The van der Waals surface area contributed by atoms with Crippen molar-refractivity contribution < 1.29 is 23.9 Å². The number of H-pyrrole nitrogens is 1. The van der Waals surface area contributed by atoms with Gasteiger partial charge in [0.2, 0.25) is 11.8 Å². The largest absolute Gasteiger partial charge is 0.497 e. The Morgan fingerprint density at radius 3 is 2.57 bits per heavy atom. The Labute approximate surface area is 201 Å². The van der Waals surface area contributed by atoms with Crippen LogP contribution in [0, 0.1) is 6.92 Å². The normalized spacial score (nSPS) is 17.3. The van der Waals surface area contributed by atoms with Crippen molar-refractivity contribution in [3.8, 4) is 17.0 Å². The molecule has 2 aliphatic rings. The summed E-state index contributed by atoms with van der Waals surface area (Å²) in [5, 5.41) is 5.19. The number of nitrogens with zero attached hydrogens (tertiary/aromatic N) is 1. The minimum atomic E-state index is -0.677. The number of rotatable bonds is 5. The van der Waals surface area contributed by atoms with Crippen LogP contribution in [0.25, 0.3) is 11.3 Å². The van der Waals surface area contributed by atoms with Gasteiger partial charge in [0.1, 0.15) is 17.5 Å². The average Bonchev–Trinajstić information content (AvgIpc) is 3.39. The first kappa shape index (κ1) is 22.4. The van der Waals surface area contributed by atoms with Crippen molar-refractivity contribution in [2.75, 3.05) is 12.4 Å². The second kappa shape index (κ2) is 8.75. The summed E-state index contributed by atoms with van der Waals surface area (Å²) in [6.07, 6.45) is 0.502. The monoisotopic (exact) mass is 472 g/mol. The molecule has 3 N–H and O–H groups in total. The molecule has 1 fully saturated rings. The summed E-state index contributed by atoms with van der Waals surface area (Å²) >= 11 is 0. The standard InChI is InChI=1S/C26H24N4O5/c1-14-11-20(15-3-6-18(35-2)7-4-15)28-23(14)25(33)27-17-5-8-19-16(12-17)13-30(26(19)34)21-9-10-22(31)29-24(21)32/h3-8,11-12,21,28H,9-10,13H2,1-2H3,(H,27,33)(H,29,31,32). The highest BCUT2D eigenvalue weighted by Crippen LogP contribution is 2.30. The van der Waals surface area contributed by atoms with Gasteiger partial charge in [0.15, 0.2) is 0 Å². The Morgan fingerprint density at radius 1 is 1.09 bits per heavy atom. The summed E-state index contributed by atoms with van der Waals surface area (Å²) in [5.74, 6) is -0.576. The van der Waals surface area contributed by atoms with Crippen molar-refractivity contribution >= 4 is 29.3 Å². The van der Waals surface area contributed by atoms with Crippen LogP contribution in [-0.2, 0) is 16.1 Å². The van der Waals surface area contributed by atoms with E-state index in [-0.39, 0.29) is 30.7 Å². The van der Waals surface area contributed by atoms with Gasteiger partial charge in [-0.05, 0) is 78.6 Å². The van der Waals surface area contributed by atoms with Gasteiger partial charge in [0.05, 0.1) is 7.11 Å². The molecule has 2 aromatic carbocycles. The van der Waals surface area contributed by atoms with Crippen molar-refractivity contribution in [2.24, 2.45) is 0 Å². The molecule has 178 valence electrons. The third kappa shape index (κ3) is 4.16. The van der Waals surface area contributed by atoms with Crippen molar-refractivity contribution in [3.05, 3.63) is 70.9 Å². The van der Waals surface area contributed by atoms with E-state index in [4.69, 9.17) is 4.74 Å². The van der Waals surface area contributed by atoms with E-state index >= 15 is 0 Å². The molecule has 3 aromatic rings. The fraction of sp³-hybridized carbons (Fsp3) is 0.231. The summed E-state index contributed by atoms with van der Waals surface area (Å²) in [6.45, 7) is 2.10. The lowest BCUT2D eigenvalue weighted by molar-refractivity contribution is -0.136. The van der Waals surface area contributed by atoms with Crippen LogP contribution in [-0.4, -0.2) is 46.7 Å². The minimum Gasteiger partial charge on any atom is -0.497 e. The molecule has 0 bridgehead atoms. The molecule has 9 heteroatoms. The van der Waals surface area contributed by atoms with Gasteiger partial charge < -0.3 is 19.9 Å². The highest BCUT2D eigenvalue weighted by molar-refractivity contribution is 6.07. The maximum Gasteiger partial charge on any atom is 0.272 e. The fourth-order valence-corrected chi connectivity index (χ4v) is 4.57. The van der Waals surface area contributed by atoms with E-state index in [2.05, 4.69) is 15.6 Å². The van der Waals surface area contributed by atoms with E-state index in [9.17, 15) is 19.2 Å². The van der Waals surface area contributed by atoms with Gasteiger partial charge in [-0.25, -0.2) is 0 Å². The number of methoxy groups -OCH3 is 1. The molecule has 0 aliphatic carbocycles. The van der Waals surface area contributed by atoms with Crippen LogP contribution in [0.3, 0.4) is 0 Å². The number of fused-ring (bicyclic) bond motifs is 1. The van der Waals surface area contributed by atoms with E-state index in [1.807, 2.05) is 37.3 Å². The van der Waals surface area contributed by atoms with E-state index < -0.39 is 11.9 Å². The lowest BCUT2D eigenvalue weighted by Crippen LogP contribution is -2.52. The first-order valence-electron chi connectivity index (χ1n) is 11.3. The van der Waals surface area contributed by atoms with Gasteiger partial charge in [0, 0.05) is 29.9 Å². The molecular formula is C26H24N4O5. The van der Waals surface area contributed by atoms with Crippen molar-refractivity contribution in [1.82, 2.24) is 15.2 Å². The number of carbonyl (C=O) groups excluding carboxylic acids is 4. The van der Waals surface area contributed by atoms with Crippen molar-refractivity contribution in [1.29, 1.82) is 0 Å². The summed E-state index contributed by atoms with van der Waals surface area (Å²) in [6, 6.07) is 13.9. The number of aromatic amines is 1. The highest BCUT2D eigenvalue weighted by atomic mass is 16.5. The van der Waals surface area contributed by atoms with Crippen LogP contribution >= 0.6 is 0 Å². The molecule has 5 rings (SSSR count). The average molecular weight is 473 g/mol. The highest BCUT2D eigenvalue weighted by Gasteiger charge is 2.39. The lowest BCUT2D eigenvalue weighted by atomic mass is 10.0. The number of aromatic nitrogens is 1. The molecule has 0 spiro atoms. The first-order valence-corrected chi connectivity index (χ1v) is 11.3. The second-order valence-electron chi connectivity index (χ2n) is 8.70. The van der Waals surface area contributed by atoms with Gasteiger partial charge >= 0.3 is 0 Å². The SMILES string of the molecule is COc1ccc(-c2cc(C)c(C(=O)Nc3ccc4c(c3)CN(C3CCC(=O)NC3=O)C4=O)[nH]2)cc1. The van der Waals surface area contributed by atoms with Gasteiger partial charge in [-0.2, -0.15) is 0 Å². The number of imide groups is 1. The molecule has 1 atom stereocenters. The zero-order valence-corrected chi connectivity index (χ0v) is 19.3. The third-order valence-electron chi connectivity index (χ3n) is 6.42. The molecular weight excluding hydrogens is 448 g/mol. The predicted octanol–water partition coefficient (Wildman–Crippen LogP) is 3.01. The fourth-order valence-electron chi connectivity index (χ4n) is 4.57. The number of nitrogens with one attached hydrogen (secondary N) is 3. The quantitative estimate of drug-likeness (QED) is 0.493. The Bertz CT molecular complexity index is 1360. The first-order chi connectivity index (χ1) is 16.8. The minimum absolute atomic E-state index is 0.200. The number of carbonyl (C=O) groups is 4. The van der Waals surface area contributed by atoms with Crippen LogP contribution in [0.4, 0.5) is 5.69 Å². The number of piperidine rings is 1. The maximum absolute atomic E-state index is 13.0. The number of amides is 4. The number of benzene rings is 2. The summed E-state index contributed by atoms with van der Waals surface area (Å²) in [4.78, 5) is 54.2. The zero-order valence-electron chi connectivity index (χ0n) is 19.3. The summed E-state index contributed by atoms with van der Waals surface area (Å²) in [7, 11) is 1.61. The van der Waals surface area contributed by atoms with Crippen LogP contribution in [0.15, 0.2) is 48.5 Å². The lowest BCUT2D eigenvalue weighted by Gasteiger charge is -2.29. The Hall–Kier alpha value is -4.40. The number of hydrogen-bond acceptors (Lipinski definition) is 5. The third-order valence-corrected chi connectivity index (χ3v) is 6.42. The number of anilines is 1. The zero-order chi connectivity index (χ0) is 24.7. The van der Waals surface area contributed by atoms with Crippen LogP contribution in [0.5, 0.6) is 5.75 Å². The summed E-state index contributed by atoms with van der Waals surface area (Å²) < 4.78 is 5.20. The number of aryl methyl sites for hydroxylation is 1. The number of hydrogen-bond donors (Lipinski definition) is 3. The maximum atomic E-state index is 13.0. The van der Waals surface area contributed by atoms with Crippen LogP contribution < -0.4 is 15.4 Å². The van der Waals surface area contributed by atoms with Crippen molar-refractivity contribution in [2.45, 2.75) is 32.4 Å². The van der Waals surface area contributed by atoms with Gasteiger partial charge in [-0.1, -0.05) is 0 Å². The predicted molar refractivity (Wildman–Crippen MR) is 128 cm³/mol. The Balaban J connectivity index is 1.31. The molecule has 1 saturated heterocycles. The Kier molecular flexibility index (Phi) is 5.60. The van der Waals surface area contributed by atoms with E-state index in [1.54, 1.807) is 25.3 Å². The smallest absolute Gasteiger partial charge is 0.272 e. The van der Waals surface area contributed by atoms with E-state index in [0.29, 0.717) is 23.4 Å². The molecule has 2 aliphatic heterocycles. The molecule has 35 heavy (non-hydrogen) atoms. The summed E-state index contributed by atoms with van der Waals surface area (Å²) in [5.41, 5.74) is 4.75. The molecule has 0 saturated carbocycles. The number of ether oxygens (including phenoxy) is 1. The molecule has 3 heterocycles. The van der Waals surface area contributed by atoms with E-state index in [0.717, 1.165) is 28.1 Å². The van der Waals surface area contributed by atoms with Crippen LogP contribution in [0.1, 0.15) is 44.8 Å². The molecule has 1 unspecified atom stereocenters. The van der Waals surface area contributed by atoms with Gasteiger partial charge in [-0.15, -0.1) is 0 Å². The van der Waals surface area contributed by atoms with Crippen molar-refractivity contribution in [3.63, 3.8) is 0 Å². The molecule has 0 radical (unpaired) electrons. The molecule has 9 nitrogen and oxygen atoms in total. The molecule has 1 aromatic heterocycles. The second-order valence-corrected chi connectivity index (χ2v) is 8.70. The van der Waals surface area contributed by atoms with Crippen LogP contribution in [0.2, 0.25) is 0 Å². The van der Waals surface area contributed by atoms with E-state index in [1.165, 1.54) is 4.90 Å². The Morgan fingerprint density at radius 2 is 1.86 bits per heavy atom. The topological polar surface area (TPSA) is 121 Å². The van der Waals surface area contributed by atoms with Gasteiger partial charge in [0.25, 0.3) is 11.8 Å².